The van der Waals surface area contributed by atoms with Crippen LogP contribution in [0.4, 0.5) is 0 Å². The fourth-order valence-electron chi connectivity index (χ4n) is 4.66. The first-order valence-corrected chi connectivity index (χ1v) is 9.12. The molecule has 3 atom stereocenters. The van der Waals surface area contributed by atoms with E-state index in [4.69, 9.17) is 0 Å². The average molecular weight is 336 g/mol. The van der Waals surface area contributed by atoms with E-state index in [0.717, 1.165) is 23.1 Å². The molecule has 0 saturated heterocycles. The molecular formula is C23H28O2. The molecule has 2 aromatic rings. The first-order chi connectivity index (χ1) is 11.8. The minimum Gasteiger partial charge on any atom is -0.392 e. The van der Waals surface area contributed by atoms with Gasteiger partial charge in [-0.15, -0.1) is 0 Å². The highest BCUT2D eigenvalue weighted by atomic mass is 16.3. The van der Waals surface area contributed by atoms with Gasteiger partial charge in [0.2, 0.25) is 0 Å². The fourth-order valence-corrected chi connectivity index (χ4v) is 4.66. The third-order valence-corrected chi connectivity index (χ3v) is 5.46. The highest BCUT2D eigenvalue weighted by Gasteiger charge is 2.43. The molecule has 0 heterocycles. The van der Waals surface area contributed by atoms with Crippen molar-refractivity contribution in [2.24, 2.45) is 5.92 Å². The topological polar surface area (TPSA) is 37.3 Å². The molecule has 0 radical (unpaired) electrons. The van der Waals surface area contributed by atoms with E-state index in [1.165, 1.54) is 22.3 Å². The lowest BCUT2D eigenvalue weighted by atomic mass is 9.84. The molecule has 25 heavy (non-hydrogen) atoms. The van der Waals surface area contributed by atoms with E-state index in [2.05, 4.69) is 51.1 Å². The van der Waals surface area contributed by atoms with Gasteiger partial charge in [-0.05, 0) is 69.2 Å². The number of aliphatic hydroxyl groups excluding tert-OH is 1. The Morgan fingerprint density at radius 1 is 0.880 bits per heavy atom. The highest BCUT2D eigenvalue weighted by Crippen LogP contribution is 2.40. The normalized spacial score (nSPS) is 23.3. The summed E-state index contributed by atoms with van der Waals surface area (Å²) in [6, 6.07) is 10.7. The smallest absolute Gasteiger partial charge is 0.143 e. The standard InChI is InChI=1S/C23H28O2/c1-13-6-14(2)10-18(9-13)11-19-12-20(24)22(23(19)25)21-16(4)7-15(3)8-17(21)5/h6-10,19,22-23,25H,11-12H2,1-5H3. The molecule has 2 nitrogen and oxygen atoms in total. The Bertz CT molecular complexity index is 776. The van der Waals surface area contributed by atoms with Crippen molar-refractivity contribution < 1.29 is 9.90 Å². The summed E-state index contributed by atoms with van der Waals surface area (Å²) in [5.41, 5.74) is 8.14. The quantitative estimate of drug-likeness (QED) is 0.896. The fraction of sp³-hybridized carbons (Fsp3) is 0.435. The van der Waals surface area contributed by atoms with E-state index < -0.39 is 6.10 Å². The van der Waals surface area contributed by atoms with E-state index in [1.807, 2.05) is 13.8 Å². The summed E-state index contributed by atoms with van der Waals surface area (Å²) < 4.78 is 0. The monoisotopic (exact) mass is 336 g/mol. The van der Waals surface area contributed by atoms with Gasteiger partial charge in [0.1, 0.15) is 5.78 Å². The molecule has 3 unspecified atom stereocenters. The van der Waals surface area contributed by atoms with Crippen LogP contribution in [0.1, 0.15) is 51.3 Å². The van der Waals surface area contributed by atoms with Gasteiger partial charge in [0.05, 0.1) is 12.0 Å². The molecule has 0 amide bonds. The largest absolute Gasteiger partial charge is 0.392 e. The first-order valence-electron chi connectivity index (χ1n) is 9.12. The van der Waals surface area contributed by atoms with E-state index in [9.17, 15) is 9.90 Å². The van der Waals surface area contributed by atoms with Gasteiger partial charge >= 0.3 is 0 Å². The number of carbonyl (C=O) groups is 1. The van der Waals surface area contributed by atoms with Crippen molar-refractivity contribution in [3.8, 4) is 0 Å². The van der Waals surface area contributed by atoms with Crippen LogP contribution in [0, 0.1) is 40.5 Å². The zero-order valence-electron chi connectivity index (χ0n) is 15.9. The number of carbonyl (C=O) groups excluding carboxylic acids is 1. The molecule has 1 aliphatic carbocycles. The second kappa shape index (κ2) is 6.76. The Kier molecular flexibility index (Phi) is 4.83. The summed E-state index contributed by atoms with van der Waals surface area (Å²) in [5.74, 6) is -0.202. The molecule has 0 aliphatic heterocycles. The number of aliphatic hydroxyl groups is 1. The molecule has 2 aromatic carbocycles. The lowest BCUT2D eigenvalue weighted by Crippen LogP contribution is -2.24. The SMILES string of the molecule is Cc1cc(C)cc(CC2CC(=O)C(c3c(C)cc(C)cc3C)C2O)c1. The predicted octanol–water partition coefficient (Wildman–Crippen LogP) is 4.50. The van der Waals surface area contributed by atoms with Crippen molar-refractivity contribution in [3.05, 3.63) is 69.3 Å². The van der Waals surface area contributed by atoms with Gasteiger partial charge in [-0.25, -0.2) is 0 Å². The first kappa shape index (κ1) is 17.9. The second-order valence-electron chi connectivity index (χ2n) is 7.91. The van der Waals surface area contributed by atoms with Crippen LogP contribution < -0.4 is 0 Å². The lowest BCUT2D eigenvalue weighted by molar-refractivity contribution is -0.119. The Labute approximate surface area is 150 Å². The van der Waals surface area contributed by atoms with Crippen LogP contribution in [0.3, 0.4) is 0 Å². The third kappa shape index (κ3) is 3.55. The van der Waals surface area contributed by atoms with Gasteiger partial charge in [0.15, 0.2) is 0 Å². The molecular weight excluding hydrogens is 308 g/mol. The van der Waals surface area contributed by atoms with E-state index in [0.29, 0.717) is 6.42 Å². The number of benzene rings is 2. The van der Waals surface area contributed by atoms with Gasteiger partial charge in [-0.1, -0.05) is 47.0 Å². The van der Waals surface area contributed by atoms with Crippen molar-refractivity contribution in [1.29, 1.82) is 0 Å². The summed E-state index contributed by atoms with van der Waals surface area (Å²) in [4.78, 5) is 12.7. The van der Waals surface area contributed by atoms with Crippen LogP contribution in [0.5, 0.6) is 0 Å². The Balaban J connectivity index is 1.89. The molecule has 1 N–H and O–H groups in total. The maximum absolute atomic E-state index is 12.7. The van der Waals surface area contributed by atoms with Crippen LogP contribution in [-0.4, -0.2) is 17.0 Å². The average Bonchev–Trinajstić information content (AvgIpc) is 2.73. The second-order valence-corrected chi connectivity index (χ2v) is 7.91. The number of rotatable bonds is 3. The van der Waals surface area contributed by atoms with Gasteiger partial charge in [0, 0.05) is 6.42 Å². The van der Waals surface area contributed by atoms with Crippen molar-refractivity contribution in [2.45, 2.75) is 59.5 Å². The summed E-state index contributed by atoms with van der Waals surface area (Å²) in [5, 5.41) is 11.0. The summed E-state index contributed by atoms with van der Waals surface area (Å²) in [6.07, 6.45) is 0.620. The molecule has 0 spiro atoms. The van der Waals surface area contributed by atoms with Crippen LogP contribution in [0.15, 0.2) is 30.3 Å². The highest BCUT2D eigenvalue weighted by molar-refractivity contribution is 5.90. The van der Waals surface area contributed by atoms with E-state index in [-0.39, 0.29) is 17.6 Å². The van der Waals surface area contributed by atoms with Gasteiger partial charge in [-0.2, -0.15) is 0 Å². The van der Waals surface area contributed by atoms with Crippen molar-refractivity contribution in [3.63, 3.8) is 0 Å². The number of aryl methyl sites for hydroxylation is 5. The maximum Gasteiger partial charge on any atom is 0.143 e. The maximum atomic E-state index is 12.7. The number of hydrogen-bond acceptors (Lipinski definition) is 2. The predicted molar refractivity (Wildman–Crippen MR) is 102 cm³/mol. The number of Topliss-reactive ketones (excluding diaryl/α,β-unsaturated/α-hetero) is 1. The van der Waals surface area contributed by atoms with Crippen LogP contribution in [-0.2, 0) is 11.2 Å². The Morgan fingerprint density at radius 3 is 1.96 bits per heavy atom. The third-order valence-electron chi connectivity index (χ3n) is 5.46. The van der Waals surface area contributed by atoms with Crippen molar-refractivity contribution in [1.82, 2.24) is 0 Å². The van der Waals surface area contributed by atoms with Crippen LogP contribution in [0.2, 0.25) is 0 Å². The van der Waals surface area contributed by atoms with E-state index in [1.54, 1.807) is 0 Å². The molecule has 1 fully saturated rings. The molecule has 132 valence electrons. The molecule has 1 saturated carbocycles. The van der Waals surface area contributed by atoms with E-state index >= 15 is 0 Å². The zero-order valence-corrected chi connectivity index (χ0v) is 15.9. The molecule has 0 aromatic heterocycles. The number of hydrogen-bond donors (Lipinski definition) is 1. The minimum atomic E-state index is -0.603. The molecule has 1 aliphatic rings. The minimum absolute atomic E-state index is 0.00111. The van der Waals surface area contributed by atoms with Crippen LogP contribution in [0.25, 0.3) is 0 Å². The zero-order chi connectivity index (χ0) is 18.3. The molecule has 0 bridgehead atoms. The van der Waals surface area contributed by atoms with Gasteiger partial charge in [-0.3, -0.25) is 4.79 Å². The van der Waals surface area contributed by atoms with Crippen molar-refractivity contribution in [2.75, 3.05) is 0 Å². The van der Waals surface area contributed by atoms with Gasteiger partial charge < -0.3 is 5.11 Å². The summed E-state index contributed by atoms with van der Waals surface area (Å²) in [6.45, 7) is 10.3. The van der Waals surface area contributed by atoms with Gasteiger partial charge in [0.25, 0.3) is 0 Å². The lowest BCUT2D eigenvalue weighted by Gasteiger charge is -2.22. The summed E-state index contributed by atoms with van der Waals surface area (Å²) >= 11 is 0. The Hall–Kier alpha value is -1.93. The summed E-state index contributed by atoms with van der Waals surface area (Å²) in [7, 11) is 0. The molecule has 2 heteroatoms. The van der Waals surface area contributed by atoms with Crippen molar-refractivity contribution >= 4 is 5.78 Å². The number of ketones is 1. The van der Waals surface area contributed by atoms with Crippen LogP contribution >= 0.6 is 0 Å². The molecule has 3 rings (SSSR count). The Morgan fingerprint density at radius 2 is 1.40 bits per heavy atom.